The number of rotatable bonds is 5. The summed E-state index contributed by atoms with van der Waals surface area (Å²) >= 11 is 7.44. The predicted octanol–water partition coefficient (Wildman–Crippen LogP) is 5.38. The van der Waals surface area contributed by atoms with Crippen LogP contribution in [0.1, 0.15) is 21.3 Å². The standard InChI is InChI=1S/C23H19ClN2O3S/c1-29-20-9-5-4-8-19(20)26-21(27)14-30-23(26)17-6-2-3-7-18(17)25-22(28)15-10-12-16(24)13-11-15/h2-13,23H,14H2,1H3,(H,25,28)/t23-/m0/s1. The van der Waals surface area contributed by atoms with Gasteiger partial charge >= 0.3 is 0 Å². The zero-order valence-electron chi connectivity index (χ0n) is 16.2. The first-order chi connectivity index (χ1) is 14.6. The summed E-state index contributed by atoms with van der Waals surface area (Å²) in [5.41, 5.74) is 2.72. The van der Waals surface area contributed by atoms with E-state index in [1.54, 1.807) is 36.3 Å². The Morgan fingerprint density at radius 1 is 1.07 bits per heavy atom. The number of thioether (sulfide) groups is 1. The van der Waals surface area contributed by atoms with Crippen LogP contribution in [0.3, 0.4) is 0 Å². The molecule has 1 atom stereocenters. The fraction of sp³-hybridized carbons (Fsp3) is 0.130. The highest BCUT2D eigenvalue weighted by Gasteiger charge is 2.36. The second-order valence-corrected chi connectivity index (χ2v) is 8.15. The first-order valence-corrected chi connectivity index (χ1v) is 10.7. The van der Waals surface area contributed by atoms with E-state index in [1.807, 2.05) is 48.5 Å². The zero-order chi connectivity index (χ0) is 21.1. The number of carbonyl (C=O) groups excluding carboxylic acids is 2. The molecular weight excluding hydrogens is 420 g/mol. The van der Waals surface area contributed by atoms with Gasteiger partial charge in [-0.3, -0.25) is 14.5 Å². The zero-order valence-corrected chi connectivity index (χ0v) is 17.7. The molecular formula is C23H19ClN2O3S. The molecule has 0 unspecified atom stereocenters. The van der Waals surface area contributed by atoms with Gasteiger partial charge in [0.15, 0.2) is 0 Å². The van der Waals surface area contributed by atoms with Gasteiger partial charge in [0.05, 0.1) is 18.6 Å². The molecule has 2 amide bonds. The van der Waals surface area contributed by atoms with Gasteiger partial charge in [-0.2, -0.15) is 0 Å². The Labute approximate surface area is 184 Å². The third kappa shape index (κ3) is 4.01. The molecule has 0 radical (unpaired) electrons. The van der Waals surface area contributed by atoms with E-state index in [0.717, 1.165) is 5.56 Å². The van der Waals surface area contributed by atoms with Gasteiger partial charge in [0.1, 0.15) is 11.1 Å². The maximum atomic E-state index is 12.8. The molecule has 3 aromatic rings. The molecule has 30 heavy (non-hydrogen) atoms. The summed E-state index contributed by atoms with van der Waals surface area (Å²) < 4.78 is 5.47. The lowest BCUT2D eigenvalue weighted by atomic mass is 10.1. The molecule has 1 aliphatic heterocycles. The second kappa shape index (κ2) is 8.81. The molecule has 0 aromatic heterocycles. The number of methoxy groups -OCH3 is 1. The van der Waals surface area contributed by atoms with Gasteiger partial charge in [0.25, 0.3) is 5.91 Å². The number of hydrogen-bond acceptors (Lipinski definition) is 4. The summed E-state index contributed by atoms with van der Waals surface area (Å²) in [7, 11) is 1.59. The number of benzene rings is 3. The molecule has 0 saturated carbocycles. The summed E-state index contributed by atoms with van der Waals surface area (Å²) in [5, 5.41) is 3.26. The summed E-state index contributed by atoms with van der Waals surface area (Å²) in [6, 6.07) is 21.7. The normalized spacial score (nSPS) is 15.9. The Kier molecular flexibility index (Phi) is 5.97. The molecule has 0 bridgehead atoms. The van der Waals surface area contributed by atoms with Gasteiger partial charge in [-0.25, -0.2) is 0 Å². The van der Waals surface area contributed by atoms with Crippen LogP contribution in [0.15, 0.2) is 72.8 Å². The van der Waals surface area contributed by atoms with E-state index in [-0.39, 0.29) is 17.2 Å². The van der Waals surface area contributed by atoms with E-state index in [0.29, 0.717) is 33.5 Å². The Balaban J connectivity index is 1.68. The highest BCUT2D eigenvalue weighted by Crippen LogP contribution is 2.46. The van der Waals surface area contributed by atoms with Crippen LogP contribution in [0, 0.1) is 0 Å². The van der Waals surface area contributed by atoms with Crippen LogP contribution >= 0.6 is 23.4 Å². The highest BCUT2D eigenvalue weighted by atomic mass is 35.5. The number of amides is 2. The maximum absolute atomic E-state index is 12.8. The van der Waals surface area contributed by atoms with Crippen LogP contribution in [0.5, 0.6) is 5.75 Å². The number of anilines is 2. The number of carbonyl (C=O) groups is 2. The fourth-order valence-electron chi connectivity index (χ4n) is 3.37. The van der Waals surface area contributed by atoms with Gasteiger partial charge in [0, 0.05) is 21.8 Å². The molecule has 0 spiro atoms. The summed E-state index contributed by atoms with van der Waals surface area (Å²) in [6.07, 6.45) is 0. The van der Waals surface area contributed by atoms with E-state index in [2.05, 4.69) is 5.32 Å². The van der Waals surface area contributed by atoms with Crippen LogP contribution in [-0.2, 0) is 4.79 Å². The second-order valence-electron chi connectivity index (χ2n) is 6.65. The number of ether oxygens (including phenoxy) is 1. The average Bonchev–Trinajstić information content (AvgIpc) is 3.15. The minimum absolute atomic E-state index is 0.00618. The van der Waals surface area contributed by atoms with E-state index in [9.17, 15) is 9.59 Å². The number of nitrogens with one attached hydrogen (secondary N) is 1. The molecule has 0 aliphatic carbocycles. The third-order valence-electron chi connectivity index (χ3n) is 4.79. The molecule has 1 heterocycles. The average molecular weight is 439 g/mol. The lowest BCUT2D eigenvalue weighted by Crippen LogP contribution is -2.29. The van der Waals surface area contributed by atoms with Gasteiger partial charge < -0.3 is 10.1 Å². The molecule has 152 valence electrons. The van der Waals surface area contributed by atoms with Crippen molar-refractivity contribution < 1.29 is 14.3 Å². The highest BCUT2D eigenvalue weighted by molar-refractivity contribution is 8.00. The fourth-order valence-corrected chi connectivity index (χ4v) is 4.70. The van der Waals surface area contributed by atoms with Crippen LogP contribution in [-0.4, -0.2) is 24.7 Å². The summed E-state index contributed by atoms with van der Waals surface area (Å²) in [6.45, 7) is 0. The van der Waals surface area contributed by atoms with Crippen molar-refractivity contribution in [3.8, 4) is 5.75 Å². The van der Waals surface area contributed by atoms with Gasteiger partial charge in [0.2, 0.25) is 5.91 Å². The van der Waals surface area contributed by atoms with Crippen LogP contribution in [0.4, 0.5) is 11.4 Å². The molecule has 1 aliphatic rings. The smallest absolute Gasteiger partial charge is 0.255 e. The van der Waals surface area contributed by atoms with Crippen LogP contribution in [0.25, 0.3) is 0 Å². The van der Waals surface area contributed by atoms with Crippen molar-refractivity contribution in [3.63, 3.8) is 0 Å². The van der Waals surface area contributed by atoms with Gasteiger partial charge in [-0.1, -0.05) is 41.9 Å². The van der Waals surface area contributed by atoms with E-state index >= 15 is 0 Å². The number of hydrogen-bond donors (Lipinski definition) is 1. The van der Waals surface area contributed by atoms with Crippen molar-refractivity contribution in [1.82, 2.24) is 0 Å². The number of nitrogens with zero attached hydrogens (tertiary/aromatic N) is 1. The largest absolute Gasteiger partial charge is 0.495 e. The number of para-hydroxylation sites is 3. The molecule has 1 fully saturated rings. The van der Waals surface area contributed by atoms with Crippen molar-refractivity contribution in [1.29, 1.82) is 0 Å². The third-order valence-corrected chi connectivity index (χ3v) is 6.24. The number of halogens is 1. The van der Waals surface area contributed by atoms with Crippen molar-refractivity contribution in [3.05, 3.63) is 88.9 Å². The minimum Gasteiger partial charge on any atom is -0.495 e. The molecule has 1 saturated heterocycles. The first kappa shape index (κ1) is 20.3. The van der Waals surface area contributed by atoms with E-state index < -0.39 is 0 Å². The van der Waals surface area contributed by atoms with Crippen molar-refractivity contribution in [2.24, 2.45) is 0 Å². The lowest BCUT2D eigenvalue weighted by molar-refractivity contribution is -0.115. The van der Waals surface area contributed by atoms with Crippen molar-refractivity contribution >= 4 is 46.6 Å². The minimum atomic E-state index is -0.282. The van der Waals surface area contributed by atoms with Crippen molar-refractivity contribution in [2.75, 3.05) is 23.1 Å². The molecule has 5 nitrogen and oxygen atoms in total. The molecule has 1 N–H and O–H groups in total. The summed E-state index contributed by atoms with van der Waals surface area (Å²) in [5.74, 6) is 0.731. The van der Waals surface area contributed by atoms with Crippen LogP contribution in [0.2, 0.25) is 5.02 Å². The Morgan fingerprint density at radius 3 is 2.53 bits per heavy atom. The Bertz CT molecular complexity index is 1090. The first-order valence-electron chi connectivity index (χ1n) is 9.31. The van der Waals surface area contributed by atoms with E-state index in [1.165, 1.54) is 11.8 Å². The molecule has 4 rings (SSSR count). The topological polar surface area (TPSA) is 58.6 Å². The van der Waals surface area contributed by atoms with Crippen molar-refractivity contribution in [2.45, 2.75) is 5.37 Å². The SMILES string of the molecule is COc1ccccc1N1C(=O)CS[C@H]1c1ccccc1NC(=O)c1ccc(Cl)cc1. The van der Waals surface area contributed by atoms with E-state index in [4.69, 9.17) is 16.3 Å². The Morgan fingerprint density at radius 2 is 1.77 bits per heavy atom. The quantitative estimate of drug-likeness (QED) is 0.581. The van der Waals surface area contributed by atoms with Crippen LogP contribution < -0.4 is 15.0 Å². The molecule has 7 heteroatoms. The molecule has 3 aromatic carbocycles. The van der Waals surface area contributed by atoms with Gasteiger partial charge in [-0.05, 0) is 42.5 Å². The lowest BCUT2D eigenvalue weighted by Gasteiger charge is -2.27. The monoisotopic (exact) mass is 438 g/mol. The predicted molar refractivity (Wildman–Crippen MR) is 122 cm³/mol. The van der Waals surface area contributed by atoms with Gasteiger partial charge in [-0.15, -0.1) is 11.8 Å². The Hall–Kier alpha value is -2.96. The maximum Gasteiger partial charge on any atom is 0.255 e. The summed E-state index contributed by atoms with van der Waals surface area (Å²) in [4.78, 5) is 27.2.